The van der Waals surface area contributed by atoms with E-state index in [2.05, 4.69) is 13.8 Å². The van der Waals surface area contributed by atoms with Gasteiger partial charge >= 0.3 is 11.9 Å². The van der Waals surface area contributed by atoms with E-state index in [9.17, 15) is 9.59 Å². The Kier molecular flexibility index (Phi) is 3.98. The van der Waals surface area contributed by atoms with Gasteiger partial charge in [-0.3, -0.25) is 9.59 Å². The van der Waals surface area contributed by atoms with Crippen molar-refractivity contribution >= 4 is 11.9 Å². The van der Waals surface area contributed by atoms with Gasteiger partial charge in [0.1, 0.15) is 5.60 Å². The van der Waals surface area contributed by atoms with Gasteiger partial charge in [-0.05, 0) is 75.0 Å². The van der Waals surface area contributed by atoms with Crippen molar-refractivity contribution in [3.63, 3.8) is 0 Å². The molecule has 4 rings (SSSR count). The third-order valence-corrected chi connectivity index (χ3v) is 6.80. The van der Waals surface area contributed by atoms with E-state index in [1.807, 2.05) is 0 Å². The first-order chi connectivity index (χ1) is 10.4. The first kappa shape index (κ1) is 15.8. The molecule has 4 fully saturated rings. The maximum Gasteiger partial charge on any atom is 0.320 e. The number of carboxylic acids is 1. The molecule has 4 saturated carbocycles. The van der Waals surface area contributed by atoms with Crippen molar-refractivity contribution in [1.29, 1.82) is 0 Å². The van der Waals surface area contributed by atoms with Crippen LogP contribution < -0.4 is 0 Å². The average Bonchev–Trinajstić information content (AvgIpc) is 2.48. The number of ether oxygens (including phenoxy) is 1. The zero-order valence-electron chi connectivity index (χ0n) is 13.9. The fraction of sp³-hybridized carbons (Fsp3) is 0.889. The van der Waals surface area contributed by atoms with Crippen LogP contribution in [0, 0.1) is 35.5 Å². The largest absolute Gasteiger partial charge is 0.481 e. The molecule has 1 N–H and O–H groups in total. The Labute approximate surface area is 132 Å². The summed E-state index contributed by atoms with van der Waals surface area (Å²) in [7, 11) is 0. The number of hydrogen-bond acceptors (Lipinski definition) is 3. The lowest BCUT2D eigenvalue weighted by Crippen LogP contribution is -2.63. The van der Waals surface area contributed by atoms with E-state index in [0.29, 0.717) is 17.8 Å². The normalized spacial score (nSPS) is 42.0. The van der Waals surface area contributed by atoms with Crippen LogP contribution in [0.1, 0.15) is 59.3 Å². The maximum absolute atomic E-state index is 12.4. The summed E-state index contributed by atoms with van der Waals surface area (Å²) in [4.78, 5) is 23.5. The van der Waals surface area contributed by atoms with Gasteiger partial charge in [0, 0.05) is 0 Å². The summed E-state index contributed by atoms with van der Waals surface area (Å²) in [6.45, 7) is 5.76. The number of esters is 1. The first-order valence-corrected chi connectivity index (χ1v) is 8.84. The number of carbonyl (C=O) groups excluding carboxylic acids is 1. The number of aliphatic carboxylic acids is 1. The Morgan fingerprint density at radius 3 is 2.00 bits per heavy atom. The van der Waals surface area contributed by atoms with Crippen molar-refractivity contribution in [2.24, 2.45) is 35.5 Å². The van der Waals surface area contributed by atoms with Crippen molar-refractivity contribution in [3.05, 3.63) is 0 Å². The molecular weight excluding hydrogens is 280 g/mol. The number of hydrogen-bond donors (Lipinski definition) is 1. The van der Waals surface area contributed by atoms with E-state index < -0.39 is 23.5 Å². The summed E-state index contributed by atoms with van der Waals surface area (Å²) in [6, 6.07) is 0. The van der Waals surface area contributed by atoms with Crippen LogP contribution in [0.3, 0.4) is 0 Å². The van der Waals surface area contributed by atoms with Crippen LogP contribution in [0.25, 0.3) is 0 Å². The first-order valence-electron chi connectivity index (χ1n) is 8.84. The van der Waals surface area contributed by atoms with E-state index in [0.717, 1.165) is 43.9 Å². The average molecular weight is 308 g/mol. The van der Waals surface area contributed by atoms with Crippen molar-refractivity contribution in [2.75, 3.05) is 0 Å². The quantitative estimate of drug-likeness (QED) is 0.624. The van der Waals surface area contributed by atoms with Gasteiger partial charge in [-0.1, -0.05) is 13.8 Å². The second kappa shape index (κ2) is 5.54. The zero-order valence-corrected chi connectivity index (χ0v) is 13.9. The summed E-state index contributed by atoms with van der Waals surface area (Å²) in [6.07, 6.45) is 6.95. The molecule has 22 heavy (non-hydrogen) atoms. The SMILES string of the molecule is CCC(C)C1(OC(=O)C(C)C(=O)O)C2CC3CC(C2)CC1C3. The lowest BCUT2D eigenvalue weighted by molar-refractivity contribution is -0.230. The van der Waals surface area contributed by atoms with E-state index in [-0.39, 0.29) is 0 Å². The molecule has 0 amide bonds. The van der Waals surface area contributed by atoms with Crippen LogP contribution in [0.5, 0.6) is 0 Å². The highest BCUT2D eigenvalue weighted by Crippen LogP contribution is 2.62. The summed E-state index contributed by atoms with van der Waals surface area (Å²) in [5.41, 5.74) is -0.414. The van der Waals surface area contributed by atoms with Gasteiger partial charge < -0.3 is 9.84 Å². The van der Waals surface area contributed by atoms with Crippen molar-refractivity contribution in [1.82, 2.24) is 0 Å². The van der Waals surface area contributed by atoms with Gasteiger partial charge in [0.2, 0.25) is 0 Å². The molecule has 4 bridgehead atoms. The molecule has 124 valence electrons. The topological polar surface area (TPSA) is 63.6 Å². The third-order valence-electron chi connectivity index (χ3n) is 6.80. The molecule has 0 aromatic carbocycles. The number of rotatable bonds is 5. The molecule has 0 aliphatic heterocycles. The molecular formula is C18H28O4. The van der Waals surface area contributed by atoms with Gasteiger partial charge in [-0.2, -0.15) is 0 Å². The van der Waals surface area contributed by atoms with Crippen molar-refractivity contribution in [2.45, 2.75) is 64.9 Å². The standard InChI is InChI=1S/C18H28O4/c1-4-10(2)18(22-17(21)11(3)16(19)20)14-6-12-5-13(8-14)9-15(18)7-12/h10-15H,4-9H2,1-3H3,(H,19,20). The molecule has 2 unspecified atom stereocenters. The highest BCUT2D eigenvalue weighted by molar-refractivity contribution is 5.93. The van der Waals surface area contributed by atoms with Crippen LogP contribution in [0.2, 0.25) is 0 Å². The maximum atomic E-state index is 12.4. The Bertz CT molecular complexity index is 442. The van der Waals surface area contributed by atoms with Crippen LogP contribution in [0.4, 0.5) is 0 Å². The zero-order chi connectivity index (χ0) is 16.1. The van der Waals surface area contributed by atoms with Crippen molar-refractivity contribution in [3.8, 4) is 0 Å². The lowest BCUT2D eigenvalue weighted by Gasteiger charge is -2.62. The van der Waals surface area contributed by atoms with Crippen LogP contribution in [-0.2, 0) is 14.3 Å². The second-order valence-corrected chi connectivity index (χ2v) is 7.95. The van der Waals surface area contributed by atoms with E-state index in [4.69, 9.17) is 9.84 Å². The molecule has 0 aromatic rings. The Morgan fingerprint density at radius 2 is 1.59 bits per heavy atom. The van der Waals surface area contributed by atoms with Gasteiger partial charge in [0.15, 0.2) is 5.92 Å². The second-order valence-electron chi connectivity index (χ2n) is 7.95. The minimum Gasteiger partial charge on any atom is -0.481 e. The predicted octanol–water partition coefficient (Wildman–Crippen LogP) is 3.49. The van der Waals surface area contributed by atoms with Gasteiger partial charge in [0.05, 0.1) is 0 Å². The molecule has 4 heteroatoms. The number of carbonyl (C=O) groups is 2. The van der Waals surface area contributed by atoms with Gasteiger partial charge in [0.25, 0.3) is 0 Å². The van der Waals surface area contributed by atoms with E-state index in [1.54, 1.807) is 0 Å². The summed E-state index contributed by atoms with van der Waals surface area (Å²) < 4.78 is 6.07. The highest BCUT2D eigenvalue weighted by Gasteiger charge is 2.61. The van der Waals surface area contributed by atoms with Crippen LogP contribution in [0.15, 0.2) is 0 Å². The summed E-state index contributed by atoms with van der Waals surface area (Å²) in [5, 5.41) is 9.11. The fourth-order valence-corrected chi connectivity index (χ4v) is 5.68. The molecule has 2 atom stereocenters. The minimum absolute atomic E-state index is 0.299. The summed E-state index contributed by atoms with van der Waals surface area (Å²) >= 11 is 0. The fourth-order valence-electron chi connectivity index (χ4n) is 5.68. The smallest absolute Gasteiger partial charge is 0.320 e. The lowest BCUT2D eigenvalue weighted by atomic mass is 9.47. The molecule has 0 aromatic heterocycles. The Morgan fingerprint density at radius 1 is 1.09 bits per heavy atom. The van der Waals surface area contributed by atoms with Crippen LogP contribution >= 0.6 is 0 Å². The monoisotopic (exact) mass is 308 g/mol. The van der Waals surface area contributed by atoms with Gasteiger partial charge in [-0.15, -0.1) is 0 Å². The molecule has 0 spiro atoms. The van der Waals surface area contributed by atoms with Gasteiger partial charge in [-0.25, -0.2) is 0 Å². The highest BCUT2D eigenvalue weighted by atomic mass is 16.6. The molecule has 4 aliphatic rings. The van der Waals surface area contributed by atoms with E-state index in [1.165, 1.54) is 13.3 Å². The molecule has 0 saturated heterocycles. The molecule has 4 nitrogen and oxygen atoms in total. The third kappa shape index (κ3) is 2.26. The Hall–Kier alpha value is -1.06. The van der Waals surface area contributed by atoms with E-state index >= 15 is 0 Å². The molecule has 0 heterocycles. The molecule has 4 aliphatic carbocycles. The Balaban J connectivity index is 1.89. The predicted molar refractivity (Wildman–Crippen MR) is 82.1 cm³/mol. The minimum atomic E-state index is -1.09. The van der Waals surface area contributed by atoms with Crippen LogP contribution in [-0.4, -0.2) is 22.6 Å². The summed E-state index contributed by atoms with van der Waals surface area (Å²) in [5.74, 6) is 0.0665. The van der Waals surface area contributed by atoms with Crippen molar-refractivity contribution < 1.29 is 19.4 Å². The molecule has 0 radical (unpaired) electrons. The number of carboxylic acid groups (broad SMARTS) is 1.